The largest absolute Gasteiger partial charge is 0.147 e. The maximum atomic E-state index is 5.03. The Morgan fingerprint density at radius 2 is 2.33 bits per heavy atom. The molecule has 1 atom stereocenters. The van der Waals surface area contributed by atoms with Gasteiger partial charge in [0.15, 0.2) is 0 Å². The van der Waals surface area contributed by atoms with Crippen LogP contribution in [-0.4, -0.2) is 4.86 Å². The summed E-state index contributed by atoms with van der Waals surface area (Å²) in [5.41, 5.74) is 0. The van der Waals surface area contributed by atoms with Gasteiger partial charge in [-0.25, -0.2) is 0 Å². The van der Waals surface area contributed by atoms with Gasteiger partial charge in [0.2, 0.25) is 0 Å². The number of thiol groups is 1. The Labute approximate surface area is 66.1 Å². The quantitative estimate of drug-likeness (QED) is 0.415. The van der Waals surface area contributed by atoms with Gasteiger partial charge < -0.3 is 0 Å². The molecule has 48 valence electrons. The summed E-state index contributed by atoms with van der Waals surface area (Å²) in [6.45, 7) is 2.06. The summed E-state index contributed by atoms with van der Waals surface area (Å²) in [7, 11) is 0. The summed E-state index contributed by atoms with van der Waals surface area (Å²) >= 11 is 9.27. The van der Waals surface area contributed by atoms with E-state index in [4.69, 9.17) is 12.2 Å². The normalized spacial score (nSPS) is 26.2. The van der Waals surface area contributed by atoms with Crippen LogP contribution in [0.25, 0.3) is 0 Å². The fourth-order valence-electron chi connectivity index (χ4n) is 0.676. The first-order valence-electron chi connectivity index (χ1n) is 2.83. The number of rotatable bonds is 0. The fraction of sp³-hybridized carbons (Fsp3) is 0.286. The lowest BCUT2D eigenvalue weighted by Gasteiger charge is -2.12. The molecule has 1 aliphatic rings. The third-order valence-electron chi connectivity index (χ3n) is 1.40. The molecule has 0 saturated heterocycles. The number of hydrogen-bond acceptors (Lipinski definition) is 2. The Bertz CT molecular complexity index is 189. The standard InChI is InChI=1S/C7H8S2/c1-5-6(8)3-2-4-7(5)9/h2-5,8H,1H3. The molecule has 0 bridgehead atoms. The monoisotopic (exact) mass is 156 g/mol. The minimum atomic E-state index is 0.341. The van der Waals surface area contributed by atoms with Gasteiger partial charge in [0.25, 0.3) is 0 Å². The lowest BCUT2D eigenvalue weighted by molar-refractivity contribution is 1.000. The SMILES string of the molecule is CC1C(=S)C=CC=C1S. The second-order valence-corrected chi connectivity index (χ2v) is 3.06. The van der Waals surface area contributed by atoms with Crippen molar-refractivity contribution in [2.24, 2.45) is 5.92 Å². The predicted molar refractivity (Wildman–Crippen MR) is 48.0 cm³/mol. The molecular formula is C7H8S2. The first kappa shape index (κ1) is 7.03. The third kappa shape index (κ3) is 1.43. The van der Waals surface area contributed by atoms with Crippen molar-refractivity contribution < 1.29 is 0 Å². The van der Waals surface area contributed by atoms with Gasteiger partial charge >= 0.3 is 0 Å². The van der Waals surface area contributed by atoms with Gasteiger partial charge in [-0.2, -0.15) is 0 Å². The highest BCUT2D eigenvalue weighted by atomic mass is 32.1. The molecule has 0 aromatic rings. The Morgan fingerprint density at radius 1 is 1.67 bits per heavy atom. The average Bonchev–Trinajstić information content (AvgIpc) is 1.83. The van der Waals surface area contributed by atoms with E-state index in [0.29, 0.717) is 5.92 Å². The van der Waals surface area contributed by atoms with Gasteiger partial charge in [0, 0.05) is 10.8 Å². The molecular weight excluding hydrogens is 148 g/mol. The van der Waals surface area contributed by atoms with E-state index in [0.717, 1.165) is 9.77 Å². The summed E-state index contributed by atoms with van der Waals surface area (Å²) in [4.78, 5) is 2.03. The topological polar surface area (TPSA) is 0 Å². The second kappa shape index (κ2) is 2.67. The number of hydrogen-bond donors (Lipinski definition) is 1. The van der Waals surface area contributed by atoms with Crippen LogP contribution in [0.15, 0.2) is 23.1 Å². The number of thiocarbonyl (C=S) groups is 1. The summed E-state index contributed by atoms with van der Waals surface area (Å²) < 4.78 is 0. The van der Waals surface area contributed by atoms with E-state index >= 15 is 0 Å². The van der Waals surface area contributed by atoms with Gasteiger partial charge in [-0.3, -0.25) is 0 Å². The molecule has 0 aromatic heterocycles. The Morgan fingerprint density at radius 3 is 2.78 bits per heavy atom. The molecule has 0 spiro atoms. The zero-order chi connectivity index (χ0) is 6.85. The van der Waals surface area contributed by atoms with E-state index < -0.39 is 0 Å². The predicted octanol–water partition coefficient (Wildman–Crippen LogP) is 2.38. The van der Waals surface area contributed by atoms with E-state index in [1.165, 1.54) is 0 Å². The van der Waals surface area contributed by atoms with E-state index in [1.54, 1.807) is 0 Å². The average molecular weight is 156 g/mol. The summed E-state index contributed by atoms with van der Waals surface area (Å²) in [5.74, 6) is 0.341. The van der Waals surface area contributed by atoms with Crippen LogP contribution in [0.5, 0.6) is 0 Å². The van der Waals surface area contributed by atoms with E-state index in [9.17, 15) is 0 Å². The van der Waals surface area contributed by atoms with Crippen LogP contribution in [0.1, 0.15) is 6.92 Å². The zero-order valence-electron chi connectivity index (χ0n) is 5.16. The molecule has 1 rings (SSSR count). The molecule has 0 heterocycles. The Hall–Kier alpha value is -0.0800. The smallest absolute Gasteiger partial charge is 0.0229 e. The molecule has 1 unspecified atom stereocenters. The molecule has 1 aliphatic carbocycles. The first-order chi connectivity index (χ1) is 4.22. The lowest BCUT2D eigenvalue weighted by Crippen LogP contribution is -2.07. The van der Waals surface area contributed by atoms with Crippen LogP contribution < -0.4 is 0 Å². The van der Waals surface area contributed by atoms with Crippen LogP contribution in [-0.2, 0) is 0 Å². The van der Waals surface area contributed by atoms with E-state index in [-0.39, 0.29) is 0 Å². The van der Waals surface area contributed by atoms with Crippen LogP contribution in [0.2, 0.25) is 0 Å². The highest BCUT2D eigenvalue weighted by Crippen LogP contribution is 2.20. The van der Waals surface area contributed by atoms with Gasteiger partial charge in [-0.05, 0) is 11.0 Å². The van der Waals surface area contributed by atoms with Gasteiger partial charge in [0.1, 0.15) is 0 Å². The lowest BCUT2D eigenvalue weighted by atomic mass is 10.0. The van der Waals surface area contributed by atoms with Gasteiger partial charge in [-0.15, -0.1) is 12.6 Å². The van der Waals surface area contributed by atoms with Crippen molar-refractivity contribution in [3.05, 3.63) is 23.1 Å². The molecule has 0 N–H and O–H groups in total. The minimum absolute atomic E-state index is 0.341. The molecule has 0 fully saturated rings. The van der Waals surface area contributed by atoms with Crippen LogP contribution >= 0.6 is 24.8 Å². The molecule has 0 nitrogen and oxygen atoms in total. The highest BCUT2D eigenvalue weighted by Gasteiger charge is 2.10. The van der Waals surface area contributed by atoms with Gasteiger partial charge in [0.05, 0.1) is 0 Å². The molecule has 9 heavy (non-hydrogen) atoms. The summed E-state index contributed by atoms with van der Waals surface area (Å²) in [6.07, 6.45) is 5.86. The Balaban J connectivity index is 2.86. The van der Waals surface area contributed by atoms with Crippen LogP contribution in [0.3, 0.4) is 0 Å². The van der Waals surface area contributed by atoms with Crippen molar-refractivity contribution >= 4 is 29.7 Å². The maximum Gasteiger partial charge on any atom is 0.0229 e. The first-order valence-corrected chi connectivity index (χ1v) is 3.68. The van der Waals surface area contributed by atoms with Crippen LogP contribution in [0.4, 0.5) is 0 Å². The molecule has 0 saturated carbocycles. The molecule has 0 aliphatic heterocycles. The van der Waals surface area contributed by atoms with Crippen molar-refractivity contribution in [2.45, 2.75) is 6.92 Å². The van der Waals surface area contributed by atoms with Crippen molar-refractivity contribution in [1.82, 2.24) is 0 Å². The molecule has 2 heteroatoms. The van der Waals surface area contributed by atoms with Crippen molar-refractivity contribution in [1.29, 1.82) is 0 Å². The third-order valence-corrected chi connectivity index (χ3v) is 2.42. The fourth-order valence-corrected chi connectivity index (χ4v) is 1.19. The minimum Gasteiger partial charge on any atom is -0.147 e. The molecule has 0 aromatic carbocycles. The highest BCUT2D eigenvalue weighted by molar-refractivity contribution is 7.85. The van der Waals surface area contributed by atoms with Crippen LogP contribution in [0, 0.1) is 5.92 Å². The second-order valence-electron chi connectivity index (χ2n) is 2.07. The van der Waals surface area contributed by atoms with E-state index in [2.05, 4.69) is 19.6 Å². The van der Waals surface area contributed by atoms with Gasteiger partial charge in [-0.1, -0.05) is 31.3 Å². The van der Waals surface area contributed by atoms with Crippen molar-refractivity contribution in [3.8, 4) is 0 Å². The Kier molecular flexibility index (Phi) is 2.09. The zero-order valence-corrected chi connectivity index (χ0v) is 6.88. The number of allylic oxidation sites excluding steroid dienone is 4. The van der Waals surface area contributed by atoms with Crippen molar-refractivity contribution in [2.75, 3.05) is 0 Å². The maximum absolute atomic E-state index is 5.03. The molecule has 0 amide bonds. The summed E-state index contributed by atoms with van der Waals surface area (Å²) in [6, 6.07) is 0. The van der Waals surface area contributed by atoms with E-state index in [1.807, 2.05) is 18.2 Å². The van der Waals surface area contributed by atoms with Crippen molar-refractivity contribution in [3.63, 3.8) is 0 Å². The molecule has 0 radical (unpaired) electrons. The summed E-state index contributed by atoms with van der Waals surface area (Å²) in [5, 5.41) is 0.